The molecule has 5 nitrogen and oxygen atoms in total. The van der Waals surface area contributed by atoms with Gasteiger partial charge in [0.15, 0.2) is 11.8 Å². The van der Waals surface area contributed by atoms with E-state index in [0.29, 0.717) is 22.3 Å². The molecule has 1 aromatic carbocycles. The second kappa shape index (κ2) is 8.80. The van der Waals surface area contributed by atoms with E-state index >= 15 is 0 Å². The Morgan fingerprint density at radius 3 is 2.61 bits per heavy atom. The molecule has 0 bridgehead atoms. The van der Waals surface area contributed by atoms with Crippen LogP contribution in [0.1, 0.15) is 6.92 Å². The SMILES string of the molecule is CCSc1nc(-c2cccnc2)cc(=O)n1-c1ccc(OCC(F)(F)P)cc1. The molecule has 3 rings (SSSR count). The van der Waals surface area contributed by atoms with Crippen LogP contribution in [-0.4, -0.2) is 32.6 Å². The van der Waals surface area contributed by atoms with Gasteiger partial charge in [0.25, 0.3) is 11.2 Å². The maximum atomic E-state index is 12.9. The van der Waals surface area contributed by atoms with Crippen LogP contribution >= 0.6 is 21.0 Å². The molecular weight excluding hydrogens is 403 g/mol. The van der Waals surface area contributed by atoms with Crippen LogP contribution in [0.2, 0.25) is 0 Å². The summed E-state index contributed by atoms with van der Waals surface area (Å²) < 4.78 is 32.3. The molecule has 0 saturated carbocycles. The van der Waals surface area contributed by atoms with Gasteiger partial charge in [0.05, 0.1) is 11.4 Å². The minimum atomic E-state index is -2.99. The summed E-state index contributed by atoms with van der Waals surface area (Å²) in [7, 11) is 1.43. The largest absolute Gasteiger partial charge is 0.487 e. The molecule has 0 N–H and O–H groups in total. The molecule has 0 aliphatic heterocycles. The second-order valence-electron chi connectivity index (χ2n) is 5.82. The van der Waals surface area contributed by atoms with Gasteiger partial charge >= 0.3 is 0 Å². The Hall–Kier alpha value is -2.31. The van der Waals surface area contributed by atoms with E-state index in [1.54, 1.807) is 42.7 Å². The average Bonchev–Trinajstić information content (AvgIpc) is 2.67. The zero-order valence-corrected chi connectivity index (χ0v) is 17.0. The molecule has 2 heterocycles. The molecule has 0 aliphatic rings. The zero-order valence-electron chi connectivity index (χ0n) is 15.0. The van der Waals surface area contributed by atoms with Crippen LogP contribution in [0.3, 0.4) is 0 Å². The van der Waals surface area contributed by atoms with Gasteiger partial charge in [-0.05, 0) is 42.2 Å². The topological polar surface area (TPSA) is 57.0 Å². The Balaban J connectivity index is 1.96. The van der Waals surface area contributed by atoms with Crippen LogP contribution in [0.4, 0.5) is 8.78 Å². The standard InChI is InChI=1S/C19H18F2N3O2PS/c1-2-28-18-23-16(13-4-3-9-22-11-13)10-17(25)24(18)14-5-7-15(8-6-14)26-12-19(20,21)27/h3-11H,2,12,27H2,1H3. The first-order chi connectivity index (χ1) is 13.4. The third kappa shape index (κ3) is 5.14. The number of benzene rings is 1. The highest BCUT2D eigenvalue weighted by atomic mass is 32.2. The fourth-order valence-corrected chi connectivity index (χ4v) is 3.29. The lowest BCUT2D eigenvalue weighted by atomic mass is 10.2. The highest BCUT2D eigenvalue weighted by molar-refractivity contribution is 7.99. The number of nitrogens with zero attached hydrogens (tertiary/aromatic N) is 3. The van der Waals surface area contributed by atoms with Gasteiger partial charge in [-0.2, -0.15) is 8.78 Å². The number of alkyl halides is 2. The minimum Gasteiger partial charge on any atom is -0.487 e. The van der Waals surface area contributed by atoms with Gasteiger partial charge in [-0.1, -0.05) is 27.9 Å². The fourth-order valence-electron chi connectivity index (χ4n) is 2.46. The van der Waals surface area contributed by atoms with Crippen LogP contribution in [0.5, 0.6) is 5.75 Å². The predicted octanol–water partition coefficient (Wildman–Crippen LogP) is 4.25. The summed E-state index contributed by atoms with van der Waals surface area (Å²) in [5.74, 6) is 1.02. The summed E-state index contributed by atoms with van der Waals surface area (Å²) in [5, 5.41) is 0.541. The van der Waals surface area contributed by atoms with E-state index in [2.05, 4.69) is 9.97 Å². The third-order valence-corrected chi connectivity index (χ3v) is 4.63. The molecule has 3 aromatic rings. The second-order valence-corrected chi connectivity index (χ2v) is 7.89. The summed E-state index contributed by atoms with van der Waals surface area (Å²) in [6, 6.07) is 11.5. The molecule has 0 amide bonds. The molecule has 146 valence electrons. The number of halogens is 2. The maximum absolute atomic E-state index is 12.9. The Morgan fingerprint density at radius 2 is 2.00 bits per heavy atom. The lowest BCUT2D eigenvalue weighted by Crippen LogP contribution is -2.21. The lowest BCUT2D eigenvalue weighted by molar-refractivity contribution is 0.0462. The number of thioether (sulfide) groups is 1. The summed E-state index contributed by atoms with van der Waals surface area (Å²) in [6.07, 6.45) is 3.31. The van der Waals surface area contributed by atoms with Crippen molar-refractivity contribution in [2.75, 3.05) is 12.4 Å². The first-order valence-electron chi connectivity index (χ1n) is 8.44. The van der Waals surface area contributed by atoms with Gasteiger partial charge in [-0.3, -0.25) is 14.3 Å². The molecule has 1 atom stereocenters. The van der Waals surface area contributed by atoms with Gasteiger partial charge in [0.1, 0.15) is 5.75 Å². The normalized spacial score (nSPS) is 11.4. The van der Waals surface area contributed by atoms with Crippen LogP contribution in [0.15, 0.2) is 64.8 Å². The molecule has 0 aliphatic carbocycles. The molecule has 0 fully saturated rings. The van der Waals surface area contributed by atoms with Gasteiger partial charge < -0.3 is 4.74 Å². The van der Waals surface area contributed by atoms with Gasteiger partial charge in [0, 0.05) is 24.0 Å². The van der Waals surface area contributed by atoms with Crippen molar-refractivity contribution in [3.8, 4) is 22.7 Å². The van der Waals surface area contributed by atoms with E-state index in [1.807, 2.05) is 13.0 Å². The average molecular weight is 421 g/mol. The van der Waals surface area contributed by atoms with Crippen molar-refractivity contribution >= 4 is 21.0 Å². The Kier molecular flexibility index (Phi) is 6.42. The summed E-state index contributed by atoms with van der Waals surface area (Å²) in [6.45, 7) is 1.23. The van der Waals surface area contributed by atoms with Crippen LogP contribution in [0.25, 0.3) is 16.9 Å². The van der Waals surface area contributed by atoms with Crippen molar-refractivity contribution in [3.63, 3.8) is 0 Å². The molecular formula is C19H18F2N3O2PS. The Morgan fingerprint density at radius 1 is 1.25 bits per heavy atom. The predicted molar refractivity (Wildman–Crippen MR) is 110 cm³/mol. The van der Waals surface area contributed by atoms with Gasteiger partial charge in [0.2, 0.25) is 0 Å². The van der Waals surface area contributed by atoms with E-state index < -0.39 is 12.3 Å². The molecule has 0 spiro atoms. The highest BCUT2D eigenvalue weighted by Gasteiger charge is 2.22. The Bertz CT molecular complexity index is 993. The van der Waals surface area contributed by atoms with Crippen molar-refractivity contribution < 1.29 is 13.5 Å². The van der Waals surface area contributed by atoms with Crippen molar-refractivity contribution in [1.82, 2.24) is 14.5 Å². The van der Waals surface area contributed by atoms with Crippen LogP contribution < -0.4 is 10.3 Å². The molecule has 9 heteroatoms. The molecule has 0 saturated heterocycles. The van der Waals surface area contributed by atoms with E-state index in [4.69, 9.17) is 4.74 Å². The van der Waals surface area contributed by atoms with E-state index in [1.165, 1.54) is 31.6 Å². The molecule has 2 aromatic heterocycles. The Labute approximate surface area is 167 Å². The number of pyridine rings is 1. The summed E-state index contributed by atoms with van der Waals surface area (Å²) in [5.41, 5.74) is -1.35. The quantitative estimate of drug-likeness (QED) is 0.324. The van der Waals surface area contributed by atoms with Crippen molar-refractivity contribution in [2.24, 2.45) is 0 Å². The number of hydrogen-bond acceptors (Lipinski definition) is 5. The zero-order chi connectivity index (χ0) is 20.1. The van der Waals surface area contributed by atoms with Crippen molar-refractivity contribution in [1.29, 1.82) is 0 Å². The smallest absolute Gasteiger partial charge is 0.291 e. The van der Waals surface area contributed by atoms with Crippen molar-refractivity contribution in [3.05, 3.63) is 65.2 Å². The lowest BCUT2D eigenvalue weighted by Gasteiger charge is -2.14. The van der Waals surface area contributed by atoms with Crippen LogP contribution in [0, 0.1) is 0 Å². The highest BCUT2D eigenvalue weighted by Crippen LogP contribution is 2.26. The first kappa shape index (κ1) is 20.4. The maximum Gasteiger partial charge on any atom is 0.291 e. The van der Waals surface area contributed by atoms with Crippen molar-refractivity contribution in [2.45, 2.75) is 17.7 Å². The van der Waals surface area contributed by atoms with Gasteiger partial charge in [-0.25, -0.2) is 4.98 Å². The molecule has 0 radical (unpaired) electrons. The van der Waals surface area contributed by atoms with Crippen LogP contribution in [-0.2, 0) is 0 Å². The first-order valence-corrected chi connectivity index (χ1v) is 10.0. The van der Waals surface area contributed by atoms with E-state index in [9.17, 15) is 13.6 Å². The molecule has 28 heavy (non-hydrogen) atoms. The van der Waals surface area contributed by atoms with E-state index in [-0.39, 0.29) is 5.56 Å². The van der Waals surface area contributed by atoms with E-state index in [0.717, 1.165) is 11.3 Å². The fraction of sp³-hybridized carbons (Fsp3) is 0.211. The molecule has 1 unspecified atom stereocenters. The van der Waals surface area contributed by atoms with Gasteiger partial charge in [-0.15, -0.1) is 0 Å². The summed E-state index contributed by atoms with van der Waals surface area (Å²) >= 11 is 1.44. The minimum absolute atomic E-state index is 0.241. The monoisotopic (exact) mass is 421 g/mol. The number of rotatable bonds is 7. The number of aromatic nitrogens is 3. The summed E-state index contributed by atoms with van der Waals surface area (Å²) in [4.78, 5) is 21.5. The third-order valence-electron chi connectivity index (χ3n) is 3.64. The number of ether oxygens (including phenoxy) is 1. The number of hydrogen-bond donors (Lipinski definition) is 0.